The summed E-state index contributed by atoms with van der Waals surface area (Å²) >= 11 is 0. The van der Waals surface area contributed by atoms with Gasteiger partial charge < -0.3 is 25.6 Å². The maximum Gasteiger partial charge on any atom is 0.329 e. The Bertz CT molecular complexity index is 1080. The van der Waals surface area contributed by atoms with Crippen LogP contribution in [0.25, 0.3) is 11.2 Å². The molecule has 0 fully saturated rings. The predicted octanol–water partition coefficient (Wildman–Crippen LogP) is -0.349. The smallest absolute Gasteiger partial charge is 0.329 e. The van der Waals surface area contributed by atoms with Gasteiger partial charge in [-0.25, -0.2) is 14.8 Å². The minimum absolute atomic E-state index is 0.0627. The van der Waals surface area contributed by atoms with Gasteiger partial charge in [-0.05, 0) is 32.9 Å². The molecule has 0 aromatic carbocycles. The van der Waals surface area contributed by atoms with Gasteiger partial charge in [0.15, 0.2) is 5.65 Å². The molecule has 3 aromatic heterocycles. The van der Waals surface area contributed by atoms with Crippen molar-refractivity contribution < 1.29 is 15.3 Å². The minimum atomic E-state index is -0.764. The van der Waals surface area contributed by atoms with Crippen molar-refractivity contribution in [1.82, 2.24) is 29.8 Å². The summed E-state index contributed by atoms with van der Waals surface area (Å²) in [6, 6.07) is 2.97. The predicted molar refractivity (Wildman–Crippen MR) is 106 cm³/mol. The summed E-state index contributed by atoms with van der Waals surface area (Å²) in [5.41, 5.74) is 0.310. The largest absolute Gasteiger partial charge is 0.506 e. The van der Waals surface area contributed by atoms with Crippen molar-refractivity contribution in [2.75, 3.05) is 6.54 Å². The van der Waals surface area contributed by atoms with Gasteiger partial charge in [-0.2, -0.15) is 0 Å². The number of aromatic hydroxyl groups is 1. The first-order valence-corrected chi connectivity index (χ1v) is 8.88. The molecule has 0 saturated heterocycles. The fourth-order valence-electron chi connectivity index (χ4n) is 2.32. The van der Waals surface area contributed by atoms with E-state index in [0.29, 0.717) is 23.4 Å². The summed E-state index contributed by atoms with van der Waals surface area (Å²) in [5.74, 6) is -0.0627. The molecule has 3 heterocycles. The van der Waals surface area contributed by atoms with Crippen LogP contribution in [0.4, 0.5) is 0 Å². The Morgan fingerprint density at radius 2 is 1.97 bits per heavy atom. The molecular weight excluding hydrogens is 380 g/mol. The number of hydrogen-bond donors (Lipinski definition) is 6. The zero-order valence-electron chi connectivity index (χ0n) is 16.7. The second-order valence-corrected chi connectivity index (χ2v) is 7.43. The Labute approximate surface area is 166 Å². The Morgan fingerprint density at radius 3 is 2.59 bits per heavy atom. The highest BCUT2D eigenvalue weighted by Crippen LogP contribution is 2.18. The number of rotatable bonds is 4. The number of aliphatic hydroxyl groups excluding tert-OH is 2. The van der Waals surface area contributed by atoms with Crippen molar-refractivity contribution >= 4 is 11.2 Å². The lowest BCUT2D eigenvalue weighted by Gasteiger charge is -2.22. The average Bonchev–Trinajstić information content (AvgIpc) is 3.13. The van der Waals surface area contributed by atoms with Gasteiger partial charge in [-0.1, -0.05) is 0 Å². The first-order valence-electron chi connectivity index (χ1n) is 8.88. The standard InChI is InChI=1S/C12H20N2O3.C6H6N4O2/c1-12(2,3)13-6-11(17)8-4-5-10(16)9(7-15)14-8;1-10-5(11)3-4(8-2-7-3)9-6(10)12/h4-5,11,13,15-17H,6-7H2,1-3H3;2H,1H3,(H,7,8)(H,9,12). The summed E-state index contributed by atoms with van der Waals surface area (Å²) in [5, 5.41) is 31.4. The van der Waals surface area contributed by atoms with Crippen molar-refractivity contribution in [3.8, 4) is 5.75 Å². The second-order valence-electron chi connectivity index (χ2n) is 7.43. The van der Waals surface area contributed by atoms with Crippen LogP contribution in [0.15, 0.2) is 28.0 Å². The van der Waals surface area contributed by atoms with E-state index < -0.39 is 11.8 Å². The van der Waals surface area contributed by atoms with Gasteiger partial charge >= 0.3 is 5.69 Å². The number of H-pyrrole nitrogens is 2. The summed E-state index contributed by atoms with van der Waals surface area (Å²) in [6.45, 7) is 6.03. The van der Waals surface area contributed by atoms with Crippen LogP contribution < -0.4 is 16.6 Å². The quantitative estimate of drug-likeness (QED) is 0.341. The number of aromatic nitrogens is 5. The molecule has 1 unspecified atom stereocenters. The zero-order valence-corrected chi connectivity index (χ0v) is 16.7. The maximum atomic E-state index is 11.3. The van der Waals surface area contributed by atoms with E-state index in [-0.39, 0.29) is 29.1 Å². The number of pyridine rings is 1. The van der Waals surface area contributed by atoms with E-state index in [2.05, 4.69) is 25.3 Å². The van der Waals surface area contributed by atoms with Crippen LogP contribution >= 0.6 is 0 Å². The fourth-order valence-corrected chi connectivity index (χ4v) is 2.32. The number of fused-ring (bicyclic) bond motifs is 1. The molecule has 0 aliphatic heterocycles. The minimum Gasteiger partial charge on any atom is -0.506 e. The van der Waals surface area contributed by atoms with Crippen LogP contribution in [-0.2, 0) is 13.7 Å². The molecule has 0 saturated carbocycles. The van der Waals surface area contributed by atoms with Crippen molar-refractivity contribution in [3.05, 3.63) is 50.7 Å². The van der Waals surface area contributed by atoms with Crippen LogP contribution in [0.3, 0.4) is 0 Å². The van der Waals surface area contributed by atoms with Crippen LogP contribution in [0, 0.1) is 0 Å². The van der Waals surface area contributed by atoms with Crippen LogP contribution in [-0.4, -0.2) is 51.9 Å². The summed E-state index contributed by atoms with van der Waals surface area (Å²) in [7, 11) is 1.40. The van der Waals surface area contributed by atoms with E-state index in [1.807, 2.05) is 20.8 Å². The molecule has 1 atom stereocenters. The van der Waals surface area contributed by atoms with Gasteiger partial charge in [-0.3, -0.25) is 14.3 Å². The summed E-state index contributed by atoms with van der Waals surface area (Å²) in [4.78, 5) is 35.1. The van der Waals surface area contributed by atoms with E-state index in [1.54, 1.807) is 6.07 Å². The molecule has 3 rings (SSSR count). The molecular formula is C18H26N6O5. The van der Waals surface area contributed by atoms with E-state index >= 15 is 0 Å². The third-order valence-electron chi connectivity index (χ3n) is 3.98. The Balaban J connectivity index is 0.000000218. The lowest BCUT2D eigenvalue weighted by molar-refractivity contribution is 0.158. The Hall–Kier alpha value is -3.02. The normalized spacial score (nSPS) is 12.5. The van der Waals surface area contributed by atoms with Gasteiger partial charge in [0.1, 0.15) is 23.1 Å². The third kappa shape index (κ3) is 5.73. The highest BCUT2D eigenvalue weighted by atomic mass is 16.3. The Morgan fingerprint density at radius 1 is 1.28 bits per heavy atom. The number of aromatic amines is 2. The highest BCUT2D eigenvalue weighted by molar-refractivity contribution is 5.67. The fraction of sp³-hybridized carbons (Fsp3) is 0.444. The Kier molecular flexibility index (Phi) is 6.90. The zero-order chi connectivity index (χ0) is 21.8. The number of β-amino-alcohol motifs (C(OH)–C–C–N with tert-alkyl or cyclic N) is 1. The summed E-state index contributed by atoms with van der Waals surface area (Å²) < 4.78 is 0.987. The molecule has 11 nitrogen and oxygen atoms in total. The molecule has 0 aliphatic rings. The second kappa shape index (κ2) is 8.99. The first kappa shape index (κ1) is 22.3. The van der Waals surface area contributed by atoms with Gasteiger partial charge in [0, 0.05) is 19.1 Å². The number of nitrogens with zero attached hydrogens (tertiary/aromatic N) is 3. The highest BCUT2D eigenvalue weighted by Gasteiger charge is 2.15. The van der Waals surface area contributed by atoms with Crippen LogP contribution in [0.2, 0.25) is 0 Å². The molecule has 6 N–H and O–H groups in total. The molecule has 3 aromatic rings. The number of imidazole rings is 1. The summed E-state index contributed by atoms with van der Waals surface area (Å²) in [6.07, 6.45) is 0.599. The molecule has 0 radical (unpaired) electrons. The van der Waals surface area contributed by atoms with Crippen LogP contribution in [0.5, 0.6) is 5.75 Å². The van der Waals surface area contributed by atoms with Gasteiger partial charge in [0.05, 0.1) is 18.6 Å². The maximum absolute atomic E-state index is 11.3. The van der Waals surface area contributed by atoms with E-state index in [1.165, 1.54) is 19.4 Å². The number of aliphatic hydroxyl groups is 2. The average molecular weight is 406 g/mol. The molecule has 29 heavy (non-hydrogen) atoms. The first-order chi connectivity index (χ1) is 13.5. The molecule has 158 valence electrons. The topological polar surface area (TPSA) is 169 Å². The monoisotopic (exact) mass is 406 g/mol. The van der Waals surface area contributed by atoms with E-state index in [4.69, 9.17) is 5.11 Å². The van der Waals surface area contributed by atoms with Gasteiger partial charge in [0.2, 0.25) is 0 Å². The van der Waals surface area contributed by atoms with E-state index in [0.717, 1.165) is 4.57 Å². The van der Waals surface area contributed by atoms with Crippen LogP contribution in [0.1, 0.15) is 38.3 Å². The lowest BCUT2D eigenvalue weighted by atomic mass is 10.1. The molecule has 0 aliphatic carbocycles. The van der Waals surface area contributed by atoms with Gasteiger partial charge in [-0.15, -0.1) is 0 Å². The number of nitrogens with one attached hydrogen (secondary N) is 3. The number of hydrogen-bond acceptors (Lipinski definition) is 8. The third-order valence-corrected chi connectivity index (χ3v) is 3.98. The van der Waals surface area contributed by atoms with Gasteiger partial charge in [0.25, 0.3) is 5.56 Å². The van der Waals surface area contributed by atoms with Crippen molar-refractivity contribution in [2.45, 2.75) is 39.0 Å². The molecule has 0 bridgehead atoms. The SMILES string of the molecule is CC(C)(C)NCC(O)c1ccc(O)c(CO)n1.Cn1c(=O)[nH]c2nc[nH]c2c1=O. The van der Waals surface area contributed by atoms with Crippen molar-refractivity contribution in [1.29, 1.82) is 0 Å². The lowest BCUT2D eigenvalue weighted by Crippen LogP contribution is -2.38. The molecule has 0 amide bonds. The van der Waals surface area contributed by atoms with E-state index in [9.17, 15) is 19.8 Å². The van der Waals surface area contributed by atoms with Crippen molar-refractivity contribution in [3.63, 3.8) is 0 Å². The molecule has 11 heteroatoms. The van der Waals surface area contributed by atoms with Crippen molar-refractivity contribution in [2.24, 2.45) is 7.05 Å². The molecule has 0 spiro atoms.